The highest BCUT2D eigenvalue weighted by Crippen LogP contribution is 2.23. The van der Waals surface area contributed by atoms with Crippen LogP contribution in [0.1, 0.15) is 89.8 Å². The zero-order valence-electron chi connectivity index (χ0n) is 30.0. The van der Waals surface area contributed by atoms with Crippen molar-refractivity contribution in [2.45, 2.75) is 85.4 Å². The molecule has 0 bridgehead atoms. The van der Waals surface area contributed by atoms with E-state index < -0.39 is 35.7 Å². The van der Waals surface area contributed by atoms with Crippen LogP contribution in [0.3, 0.4) is 0 Å². The number of aliphatic hydroxyl groups excluding tert-OH is 1. The van der Waals surface area contributed by atoms with Crippen LogP contribution in [0, 0.1) is 11.6 Å². The maximum atomic E-state index is 13.9. The molecule has 0 aliphatic carbocycles. The van der Waals surface area contributed by atoms with Gasteiger partial charge < -0.3 is 29.9 Å². The van der Waals surface area contributed by atoms with Gasteiger partial charge in [-0.2, -0.15) is 0 Å². The Balaban J connectivity index is 0.000000339. The van der Waals surface area contributed by atoms with Crippen molar-refractivity contribution in [3.63, 3.8) is 0 Å². The zero-order chi connectivity index (χ0) is 37.9. The van der Waals surface area contributed by atoms with Gasteiger partial charge in [0.25, 0.3) is 5.91 Å². The van der Waals surface area contributed by atoms with Crippen molar-refractivity contribution in [2.24, 2.45) is 0 Å². The summed E-state index contributed by atoms with van der Waals surface area (Å²) in [4.78, 5) is 24.0. The van der Waals surface area contributed by atoms with E-state index >= 15 is 0 Å². The molecule has 0 spiro atoms. The number of amides is 1. The van der Waals surface area contributed by atoms with Crippen molar-refractivity contribution in [3.8, 4) is 0 Å². The number of aliphatic hydroxyl groups is 1. The number of carbonyl (C=O) groups excluding carboxylic acids is 1. The number of carbonyl (C=O) groups is 2. The lowest BCUT2D eigenvalue weighted by molar-refractivity contribution is 0.0696. The predicted octanol–water partition coefficient (Wildman–Crippen LogP) is 8.23. The van der Waals surface area contributed by atoms with Gasteiger partial charge in [-0.15, -0.1) is 0 Å². The molecular formula is C42H48F2N4O6. The van der Waals surface area contributed by atoms with Gasteiger partial charge in [0.2, 0.25) is 0 Å². The van der Waals surface area contributed by atoms with E-state index in [9.17, 15) is 23.5 Å². The Bertz CT molecular complexity index is 2140. The van der Waals surface area contributed by atoms with E-state index in [2.05, 4.69) is 40.0 Å². The summed E-state index contributed by atoms with van der Waals surface area (Å²) in [7, 11) is 0. The van der Waals surface area contributed by atoms with Crippen molar-refractivity contribution >= 4 is 33.8 Å². The minimum atomic E-state index is -1.02. The Morgan fingerprint density at radius 2 is 1.33 bits per heavy atom. The molecule has 1 amide bonds. The fraction of sp³-hybridized carbons (Fsp3) is 0.333. The molecule has 0 fully saturated rings. The molecule has 0 unspecified atom stereocenters. The monoisotopic (exact) mass is 742 g/mol. The fourth-order valence-electron chi connectivity index (χ4n) is 6.07. The van der Waals surface area contributed by atoms with Crippen LogP contribution in [0.15, 0.2) is 87.9 Å². The lowest BCUT2D eigenvalue weighted by Crippen LogP contribution is -2.48. The third kappa shape index (κ3) is 10.8. The van der Waals surface area contributed by atoms with E-state index in [-0.39, 0.29) is 26.0 Å². The molecule has 54 heavy (non-hydrogen) atoms. The van der Waals surface area contributed by atoms with Crippen LogP contribution in [-0.4, -0.2) is 51.1 Å². The Labute approximate surface area is 313 Å². The van der Waals surface area contributed by atoms with E-state index in [0.29, 0.717) is 28.8 Å². The molecule has 4 N–H and O–H groups in total. The Morgan fingerprint density at radius 3 is 1.91 bits per heavy atom. The van der Waals surface area contributed by atoms with Crippen LogP contribution in [-0.2, 0) is 32.2 Å². The second-order valence-corrected chi connectivity index (χ2v) is 12.9. The maximum Gasteiger partial charge on any atom is 0.335 e. The number of benzene rings is 4. The second kappa shape index (κ2) is 19.6. The molecule has 6 rings (SSSR count). The van der Waals surface area contributed by atoms with Gasteiger partial charge in [-0.05, 0) is 90.9 Å². The standard InChI is InChI=1S/C30H33F2N3O3.C11H11NO3.CH4/c1-3-6-26-25-15-22(9-10-29(25)38-35-26)30(37)34-27(14-21-12-23(31)16-24(32)13-21)28(36)18-33-17-20-8-5-7-19(4-2)11-20;1-2-3-9-8-6-7(11(13)14)4-5-10(8)15-12-9;/h5,7-13,15-16,27-28,33,36H,3-4,6,14,17-18H2,1-2H3,(H,34,37);4-6H,2-3H2,1H3,(H,13,14);1H4/t27-,28+;;/m0../s1. The summed E-state index contributed by atoms with van der Waals surface area (Å²) in [5, 5.41) is 35.6. The Morgan fingerprint density at radius 1 is 0.759 bits per heavy atom. The third-order valence-electron chi connectivity index (χ3n) is 8.81. The summed E-state index contributed by atoms with van der Waals surface area (Å²) in [5.41, 5.74) is 6.12. The first-order chi connectivity index (χ1) is 25.6. The number of nitrogens with one attached hydrogen (secondary N) is 2. The smallest absolute Gasteiger partial charge is 0.335 e. The number of fused-ring (bicyclic) bond motifs is 2. The molecule has 10 nitrogen and oxygen atoms in total. The van der Waals surface area contributed by atoms with Crippen molar-refractivity contribution in [1.29, 1.82) is 0 Å². The quantitative estimate of drug-likeness (QED) is 0.0816. The number of nitrogens with zero attached hydrogens (tertiary/aromatic N) is 2. The van der Waals surface area contributed by atoms with E-state index in [4.69, 9.17) is 14.2 Å². The Kier molecular flexibility index (Phi) is 15.0. The number of hydrogen-bond acceptors (Lipinski definition) is 8. The highest BCUT2D eigenvalue weighted by atomic mass is 19.1. The number of rotatable bonds is 15. The van der Waals surface area contributed by atoms with Crippen LogP contribution in [0.4, 0.5) is 8.78 Å². The molecule has 0 aliphatic rings. The van der Waals surface area contributed by atoms with Crippen LogP contribution in [0.5, 0.6) is 0 Å². The molecule has 2 heterocycles. The van der Waals surface area contributed by atoms with Crippen LogP contribution in [0.25, 0.3) is 21.9 Å². The molecule has 0 aliphatic heterocycles. The zero-order valence-corrected chi connectivity index (χ0v) is 30.0. The minimum absolute atomic E-state index is 0. The molecule has 0 radical (unpaired) electrons. The summed E-state index contributed by atoms with van der Waals surface area (Å²) >= 11 is 0. The third-order valence-corrected chi connectivity index (χ3v) is 8.81. The molecule has 2 atom stereocenters. The largest absolute Gasteiger partial charge is 0.478 e. The van der Waals surface area contributed by atoms with Crippen molar-refractivity contribution < 1.29 is 37.6 Å². The molecule has 2 aromatic heterocycles. The number of aromatic carboxylic acids is 1. The van der Waals surface area contributed by atoms with Crippen LogP contribution in [0.2, 0.25) is 0 Å². The van der Waals surface area contributed by atoms with Crippen molar-refractivity contribution in [2.75, 3.05) is 6.54 Å². The van der Waals surface area contributed by atoms with Gasteiger partial charge >= 0.3 is 5.97 Å². The van der Waals surface area contributed by atoms with E-state index in [1.165, 1.54) is 23.8 Å². The molecule has 0 saturated heterocycles. The van der Waals surface area contributed by atoms with Crippen molar-refractivity contribution in [1.82, 2.24) is 20.9 Å². The lowest BCUT2D eigenvalue weighted by Gasteiger charge is -2.25. The summed E-state index contributed by atoms with van der Waals surface area (Å²) in [6, 6.07) is 20.4. The molecule has 0 saturated carbocycles. The van der Waals surface area contributed by atoms with E-state index in [1.807, 2.05) is 26.0 Å². The summed E-state index contributed by atoms with van der Waals surface area (Å²) < 4.78 is 38.2. The number of carboxylic acids is 1. The number of hydrogen-bond donors (Lipinski definition) is 4. The minimum Gasteiger partial charge on any atom is -0.478 e. The topological polar surface area (TPSA) is 151 Å². The molecule has 6 aromatic rings. The first-order valence-electron chi connectivity index (χ1n) is 17.8. The van der Waals surface area contributed by atoms with Gasteiger partial charge in [-0.1, -0.05) is 75.6 Å². The molecule has 286 valence electrons. The fourth-order valence-corrected chi connectivity index (χ4v) is 6.07. The molecule has 4 aromatic carbocycles. The summed E-state index contributed by atoms with van der Waals surface area (Å²) in [6.45, 7) is 6.87. The number of halogens is 2. The molecular weight excluding hydrogens is 694 g/mol. The van der Waals surface area contributed by atoms with Gasteiger partial charge in [0, 0.05) is 35.5 Å². The maximum absolute atomic E-state index is 13.9. The highest BCUT2D eigenvalue weighted by molar-refractivity contribution is 5.98. The molecule has 12 heteroatoms. The van der Waals surface area contributed by atoms with Gasteiger partial charge in [0.1, 0.15) is 11.6 Å². The van der Waals surface area contributed by atoms with Crippen molar-refractivity contribution in [3.05, 3.63) is 130 Å². The first-order valence-corrected chi connectivity index (χ1v) is 17.8. The van der Waals surface area contributed by atoms with Gasteiger partial charge in [0.05, 0.1) is 29.1 Å². The normalized spacial score (nSPS) is 12.1. The number of aromatic nitrogens is 2. The number of carboxylic acid groups (broad SMARTS) is 1. The predicted molar refractivity (Wildman–Crippen MR) is 205 cm³/mol. The van der Waals surface area contributed by atoms with Crippen LogP contribution >= 0.6 is 0 Å². The second-order valence-electron chi connectivity index (χ2n) is 12.9. The average molecular weight is 743 g/mol. The average Bonchev–Trinajstić information content (AvgIpc) is 3.74. The van der Waals surface area contributed by atoms with Crippen LogP contribution < -0.4 is 10.6 Å². The van der Waals surface area contributed by atoms with E-state index in [1.54, 1.807) is 30.3 Å². The number of aryl methyl sites for hydroxylation is 3. The van der Waals surface area contributed by atoms with E-state index in [0.717, 1.165) is 65.9 Å². The lowest BCUT2D eigenvalue weighted by atomic mass is 9.99. The Hall–Kier alpha value is -5.46. The SMILES string of the molecule is C.CCCc1noc2ccc(C(=O)N[C@@H](Cc3cc(F)cc(F)c3)[C@H](O)CNCc3cccc(CC)c3)cc12.CCCc1noc2ccc(C(=O)O)cc12. The first kappa shape index (κ1) is 41.3. The van der Waals surface area contributed by atoms with Gasteiger partial charge in [0.15, 0.2) is 11.2 Å². The van der Waals surface area contributed by atoms with Gasteiger partial charge in [-0.25, -0.2) is 13.6 Å². The highest BCUT2D eigenvalue weighted by Gasteiger charge is 2.24. The van der Waals surface area contributed by atoms with Gasteiger partial charge in [-0.3, -0.25) is 4.79 Å². The summed E-state index contributed by atoms with van der Waals surface area (Å²) in [6.07, 6.45) is 3.31. The summed E-state index contributed by atoms with van der Waals surface area (Å²) in [5.74, 6) is -2.77.